The highest BCUT2D eigenvalue weighted by atomic mass is 14.3. The van der Waals surface area contributed by atoms with Crippen LogP contribution in [-0.4, -0.2) is 0 Å². The van der Waals surface area contributed by atoms with Crippen molar-refractivity contribution in [3.8, 4) is 0 Å². The monoisotopic (exact) mass is 518 g/mol. The zero-order valence-corrected chi connectivity index (χ0v) is 26.9. The van der Waals surface area contributed by atoms with Crippen LogP contribution in [0.15, 0.2) is 46.6 Å². The zero-order valence-electron chi connectivity index (χ0n) is 26.9. The average Bonchev–Trinajstić information content (AvgIpc) is 3.71. The third kappa shape index (κ3) is 10.5. The van der Waals surface area contributed by atoms with Gasteiger partial charge in [0.05, 0.1) is 0 Å². The quantitative estimate of drug-likeness (QED) is 0.169. The van der Waals surface area contributed by atoms with Gasteiger partial charge in [0.1, 0.15) is 0 Å². The lowest BCUT2D eigenvalue weighted by molar-refractivity contribution is 0.504. The van der Waals surface area contributed by atoms with E-state index in [9.17, 15) is 0 Å². The van der Waals surface area contributed by atoms with Gasteiger partial charge in [0.2, 0.25) is 0 Å². The molecule has 0 radical (unpaired) electrons. The van der Waals surface area contributed by atoms with Gasteiger partial charge in [-0.15, -0.1) is 0 Å². The minimum absolute atomic E-state index is 0.713. The first-order chi connectivity index (χ1) is 18.2. The number of hydrogen-bond acceptors (Lipinski definition) is 0. The molecule has 0 N–H and O–H groups in total. The van der Waals surface area contributed by atoms with E-state index < -0.39 is 0 Å². The molecule has 1 saturated carbocycles. The van der Waals surface area contributed by atoms with Crippen LogP contribution in [0.5, 0.6) is 0 Å². The Hall–Kier alpha value is -1.56. The summed E-state index contributed by atoms with van der Waals surface area (Å²) >= 11 is 0. The molecule has 2 unspecified atom stereocenters. The fourth-order valence-corrected chi connectivity index (χ4v) is 6.23. The predicted molar refractivity (Wildman–Crippen MR) is 172 cm³/mol. The minimum atomic E-state index is 0.713. The van der Waals surface area contributed by atoms with Crippen molar-refractivity contribution in [1.82, 2.24) is 0 Å². The van der Waals surface area contributed by atoms with Crippen molar-refractivity contribution in [3.05, 3.63) is 68.8 Å². The van der Waals surface area contributed by atoms with Crippen LogP contribution in [0.3, 0.4) is 0 Å². The molecule has 1 aromatic rings. The molecule has 1 aromatic carbocycles. The number of aryl methyl sites for hydroxylation is 2. The molecule has 0 aromatic heterocycles. The van der Waals surface area contributed by atoms with Crippen LogP contribution in [0.1, 0.15) is 148 Å². The summed E-state index contributed by atoms with van der Waals surface area (Å²) in [6, 6.07) is 4.72. The molecule has 0 heteroatoms. The van der Waals surface area contributed by atoms with Crippen molar-refractivity contribution < 1.29 is 0 Å². The minimum Gasteiger partial charge on any atom is -0.0808 e. The van der Waals surface area contributed by atoms with E-state index in [0.29, 0.717) is 5.92 Å². The fraction of sp³-hybridized carbons (Fsp3) is 0.684. The Morgan fingerprint density at radius 3 is 2.13 bits per heavy atom. The Morgan fingerprint density at radius 1 is 0.895 bits per heavy atom. The second-order valence-electron chi connectivity index (χ2n) is 12.8. The molecule has 0 aliphatic heterocycles. The molecule has 0 spiro atoms. The second-order valence-corrected chi connectivity index (χ2v) is 12.8. The number of unbranched alkanes of at least 4 members (excludes halogenated alkanes) is 1. The summed E-state index contributed by atoms with van der Waals surface area (Å²) in [4.78, 5) is 0. The predicted octanol–water partition coefficient (Wildman–Crippen LogP) is 12.2. The Balaban J connectivity index is 2.14. The maximum absolute atomic E-state index is 2.63. The Kier molecular flexibility index (Phi) is 14.8. The molecule has 1 aliphatic rings. The highest BCUT2D eigenvalue weighted by Gasteiger charge is 2.24. The lowest BCUT2D eigenvalue weighted by Crippen LogP contribution is -2.08. The van der Waals surface area contributed by atoms with E-state index >= 15 is 0 Å². The summed E-state index contributed by atoms with van der Waals surface area (Å²) in [5.74, 6) is 2.40. The van der Waals surface area contributed by atoms with Gasteiger partial charge in [-0.05, 0) is 149 Å². The van der Waals surface area contributed by atoms with Gasteiger partial charge in [0.25, 0.3) is 0 Å². The number of allylic oxidation sites excluding steroid dienone is 6. The SMILES string of the molecule is CCCC=C(C(=CC(CCCC(C)Cc1c(C)ccc(C)c1CC1CC1)=C(C)C)CCC)C(CC)CCC. The van der Waals surface area contributed by atoms with E-state index in [1.54, 1.807) is 27.8 Å². The van der Waals surface area contributed by atoms with Gasteiger partial charge in [0, 0.05) is 0 Å². The van der Waals surface area contributed by atoms with Crippen molar-refractivity contribution in [2.24, 2.45) is 17.8 Å². The summed E-state index contributed by atoms with van der Waals surface area (Å²) in [6.07, 6.45) is 23.2. The van der Waals surface area contributed by atoms with E-state index in [4.69, 9.17) is 0 Å². The summed E-state index contributed by atoms with van der Waals surface area (Å²) in [5.41, 5.74) is 12.8. The first-order valence-corrected chi connectivity index (χ1v) is 16.4. The molecule has 0 saturated heterocycles. The first-order valence-electron chi connectivity index (χ1n) is 16.4. The van der Waals surface area contributed by atoms with E-state index in [-0.39, 0.29) is 0 Å². The van der Waals surface area contributed by atoms with E-state index in [1.807, 2.05) is 0 Å². The summed E-state index contributed by atoms with van der Waals surface area (Å²) < 4.78 is 0. The molecule has 38 heavy (non-hydrogen) atoms. The molecular weight excluding hydrogens is 456 g/mol. The molecule has 0 nitrogen and oxygen atoms in total. The van der Waals surface area contributed by atoms with Crippen molar-refractivity contribution in [1.29, 1.82) is 0 Å². The molecule has 0 amide bonds. The molecule has 214 valence electrons. The van der Waals surface area contributed by atoms with Gasteiger partial charge in [-0.25, -0.2) is 0 Å². The molecule has 0 bridgehead atoms. The van der Waals surface area contributed by atoms with Crippen LogP contribution in [0.4, 0.5) is 0 Å². The van der Waals surface area contributed by atoms with Crippen LogP contribution in [0.2, 0.25) is 0 Å². The van der Waals surface area contributed by atoms with Gasteiger partial charge >= 0.3 is 0 Å². The Bertz CT molecular complexity index is 929. The normalized spacial score (nSPS) is 16.0. The van der Waals surface area contributed by atoms with Gasteiger partial charge in [-0.1, -0.05) is 90.2 Å². The topological polar surface area (TPSA) is 0 Å². The third-order valence-electron chi connectivity index (χ3n) is 8.89. The maximum Gasteiger partial charge on any atom is -0.0165 e. The van der Waals surface area contributed by atoms with Gasteiger partial charge in [-0.2, -0.15) is 0 Å². The van der Waals surface area contributed by atoms with Crippen LogP contribution < -0.4 is 0 Å². The number of hydrogen-bond donors (Lipinski definition) is 0. The average molecular weight is 519 g/mol. The zero-order chi connectivity index (χ0) is 28.1. The second kappa shape index (κ2) is 17.2. The van der Waals surface area contributed by atoms with Crippen LogP contribution in [-0.2, 0) is 12.8 Å². The summed E-state index contributed by atoms with van der Waals surface area (Å²) in [6.45, 7) is 21.2. The highest BCUT2D eigenvalue weighted by molar-refractivity contribution is 5.42. The number of rotatable bonds is 18. The summed E-state index contributed by atoms with van der Waals surface area (Å²) in [7, 11) is 0. The lowest BCUT2D eigenvalue weighted by atomic mass is 9.82. The van der Waals surface area contributed by atoms with E-state index in [2.05, 4.69) is 86.6 Å². The van der Waals surface area contributed by atoms with E-state index in [1.165, 1.54) is 107 Å². The van der Waals surface area contributed by atoms with Gasteiger partial charge < -0.3 is 0 Å². The lowest BCUT2D eigenvalue weighted by Gasteiger charge is -2.23. The molecule has 0 heterocycles. The van der Waals surface area contributed by atoms with Crippen molar-refractivity contribution >= 4 is 0 Å². The van der Waals surface area contributed by atoms with Crippen LogP contribution in [0.25, 0.3) is 0 Å². The number of benzene rings is 1. The van der Waals surface area contributed by atoms with Crippen molar-refractivity contribution in [3.63, 3.8) is 0 Å². The first kappa shape index (κ1) is 32.7. The Labute approximate surface area is 238 Å². The van der Waals surface area contributed by atoms with E-state index in [0.717, 1.165) is 11.8 Å². The standard InChI is InChI=1S/C38H62/c1-10-14-20-36(33(13-4)16-11-2)35(17-12-3)27-34(28(5)6)19-15-18-29(7)25-37-30(8)21-22-31(9)38(37)26-32-23-24-32/h20-22,27,29,32-33H,10-19,23-26H2,1-9H3. The van der Waals surface area contributed by atoms with Crippen molar-refractivity contribution in [2.75, 3.05) is 0 Å². The third-order valence-corrected chi connectivity index (χ3v) is 8.89. The summed E-state index contributed by atoms with van der Waals surface area (Å²) in [5, 5.41) is 0. The van der Waals surface area contributed by atoms with Crippen molar-refractivity contribution in [2.45, 2.75) is 152 Å². The fourth-order valence-electron chi connectivity index (χ4n) is 6.23. The Morgan fingerprint density at radius 2 is 1.58 bits per heavy atom. The molecule has 1 aliphatic carbocycles. The van der Waals surface area contributed by atoms with Crippen LogP contribution >= 0.6 is 0 Å². The largest absolute Gasteiger partial charge is 0.0808 e. The molecule has 2 atom stereocenters. The molecular formula is C38H62. The smallest absolute Gasteiger partial charge is 0.0165 e. The molecule has 2 rings (SSSR count). The molecule has 1 fully saturated rings. The highest BCUT2D eigenvalue weighted by Crippen LogP contribution is 2.36. The van der Waals surface area contributed by atoms with Crippen LogP contribution in [0, 0.1) is 31.6 Å². The van der Waals surface area contributed by atoms with Gasteiger partial charge in [-0.3, -0.25) is 0 Å². The maximum atomic E-state index is 2.63. The van der Waals surface area contributed by atoms with Gasteiger partial charge in [0.15, 0.2) is 0 Å².